The number of ether oxygens (including phenoxy) is 3. The topological polar surface area (TPSA) is 106 Å². The van der Waals surface area contributed by atoms with Gasteiger partial charge < -0.3 is 30.0 Å². The van der Waals surface area contributed by atoms with E-state index >= 15 is 0 Å². The Bertz CT molecular complexity index is 854. The molecule has 0 fully saturated rings. The molecule has 1 aliphatic heterocycles. The molecule has 0 spiro atoms. The highest BCUT2D eigenvalue weighted by molar-refractivity contribution is 5.96. The third kappa shape index (κ3) is 4.72. The quantitative estimate of drug-likeness (QED) is 0.595. The number of anilines is 1. The van der Waals surface area contributed by atoms with Gasteiger partial charge in [-0.3, -0.25) is 4.79 Å². The molecule has 1 heterocycles. The zero-order chi connectivity index (χ0) is 19.9. The van der Waals surface area contributed by atoms with Crippen LogP contribution in [-0.2, 0) is 9.53 Å². The van der Waals surface area contributed by atoms with Gasteiger partial charge in [-0.05, 0) is 36.8 Å². The molecule has 0 saturated heterocycles. The Labute approximate surface area is 162 Å². The van der Waals surface area contributed by atoms with Crippen molar-refractivity contribution in [2.45, 2.75) is 13.0 Å². The molecular formula is C20H22N2O6. The Morgan fingerprint density at radius 3 is 2.79 bits per heavy atom. The molecular weight excluding hydrogens is 364 g/mol. The highest BCUT2D eigenvalue weighted by Crippen LogP contribution is 2.34. The van der Waals surface area contributed by atoms with E-state index in [4.69, 9.17) is 19.3 Å². The highest BCUT2D eigenvalue weighted by atomic mass is 16.7. The third-order valence-electron chi connectivity index (χ3n) is 4.18. The van der Waals surface area contributed by atoms with Crippen LogP contribution in [0.25, 0.3) is 0 Å². The summed E-state index contributed by atoms with van der Waals surface area (Å²) in [5.41, 5.74) is 1.69. The lowest BCUT2D eigenvalue weighted by atomic mass is 10.1. The molecule has 0 aromatic heterocycles. The van der Waals surface area contributed by atoms with E-state index < -0.39 is 18.5 Å². The molecule has 3 rings (SSSR count). The van der Waals surface area contributed by atoms with Crippen LogP contribution in [0.15, 0.2) is 42.5 Å². The predicted molar refractivity (Wildman–Crippen MR) is 101 cm³/mol. The predicted octanol–water partition coefficient (Wildman–Crippen LogP) is 1.85. The lowest BCUT2D eigenvalue weighted by molar-refractivity contribution is -0.124. The minimum atomic E-state index is -0.619. The van der Waals surface area contributed by atoms with Crippen molar-refractivity contribution >= 4 is 17.6 Å². The van der Waals surface area contributed by atoms with Gasteiger partial charge in [0.2, 0.25) is 6.79 Å². The molecule has 2 aromatic carbocycles. The summed E-state index contributed by atoms with van der Waals surface area (Å²) in [6, 6.07) is 11.9. The number of rotatable bonds is 8. The first-order valence-electron chi connectivity index (χ1n) is 8.88. The molecule has 3 N–H and O–H groups in total. The number of amides is 1. The van der Waals surface area contributed by atoms with E-state index in [9.17, 15) is 9.59 Å². The summed E-state index contributed by atoms with van der Waals surface area (Å²) in [7, 11) is 0. The summed E-state index contributed by atoms with van der Waals surface area (Å²) in [6.07, 6.45) is 0. The monoisotopic (exact) mass is 386 g/mol. The number of aliphatic hydroxyl groups excluding tert-OH is 1. The van der Waals surface area contributed by atoms with Crippen LogP contribution in [0, 0.1) is 0 Å². The smallest absolute Gasteiger partial charge is 0.340 e. The molecule has 0 unspecified atom stereocenters. The van der Waals surface area contributed by atoms with Gasteiger partial charge in [-0.15, -0.1) is 0 Å². The molecule has 28 heavy (non-hydrogen) atoms. The first-order chi connectivity index (χ1) is 13.6. The number of hydrogen-bond acceptors (Lipinski definition) is 7. The van der Waals surface area contributed by atoms with E-state index in [0.29, 0.717) is 29.3 Å². The number of carbonyl (C=O) groups excluding carboxylic acids is 2. The molecule has 1 amide bonds. The molecule has 0 radical (unpaired) electrons. The van der Waals surface area contributed by atoms with Gasteiger partial charge in [0.15, 0.2) is 18.1 Å². The van der Waals surface area contributed by atoms with Gasteiger partial charge in [0, 0.05) is 12.2 Å². The van der Waals surface area contributed by atoms with Crippen LogP contribution in [0.4, 0.5) is 5.69 Å². The van der Waals surface area contributed by atoms with Crippen molar-refractivity contribution in [3.63, 3.8) is 0 Å². The SMILES string of the molecule is C[C@H](NC(=O)COC(=O)c1ccccc1NCCO)c1ccc2c(c1)OCO2. The summed E-state index contributed by atoms with van der Waals surface area (Å²) in [5, 5.41) is 14.6. The molecule has 1 aliphatic rings. The Hall–Kier alpha value is -3.26. The Morgan fingerprint density at radius 2 is 1.96 bits per heavy atom. The van der Waals surface area contributed by atoms with Crippen molar-refractivity contribution in [3.8, 4) is 11.5 Å². The highest BCUT2D eigenvalue weighted by Gasteiger charge is 2.18. The summed E-state index contributed by atoms with van der Waals surface area (Å²) in [4.78, 5) is 24.4. The average Bonchev–Trinajstić information content (AvgIpc) is 3.18. The molecule has 0 aliphatic carbocycles. The molecule has 1 atom stereocenters. The molecule has 148 valence electrons. The first-order valence-corrected chi connectivity index (χ1v) is 8.88. The van der Waals surface area contributed by atoms with Crippen LogP contribution in [0.3, 0.4) is 0 Å². The van der Waals surface area contributed by atoms with Gasteiger partial charge >= 0.3 is 5.97 Å². The summed E-state index contributed by atoms with van der Waals surface area (Å²) in [6.45, 7) is 1.85. The van der Waals surface area contributed by atoms with E-state index in [0.717, 1.165) is 5.56 Å². The lowest BCUT2D eigenvalue weighted by Crippen LogP contribution is -2.31. The standard InChI is InChI=1S/C20H22N2O6/c1-13(14-6-7-17-18(10-14)28-12-27-17)22-19(24)11-26-20(25)15-4-2-3-5-16(15)21-8-9-23/h2-7,10,13,21,23H,8-9,11-12H2,1H3,(H,22,24)/t13-/m0/s1. The number of fused-ring (bicyclic) bond motifs is 1. The normalized spacial score (nSPS) is 12.9. The van der Waals surface area contributed by atoms with Crippen LogP contribution in [0.5, 0.6) is 11.5 Å². The fraction of sp³-hybridized carbons (Fsp3) is 0.300. The molecule has 2 aromatic rings. The van der Waals surface area contributed by atoms with E-state index in [1.807, 2.05) is 19.1 Å². The van der Waals surface area contributed by atoms with Crippen LogP contribution >= 0.6 is 0 Å². The fourth-order valence-electron chi connectivity index (χ4n) is 2.76. The van der Waals surface area contributed by atoms with Gasteiger partial charge in [0.05, 0.1) is 18.2 Å². The van der Waals surface area contributed by atoms with Crippen LogP contribution in [0.1, 0.15) is 28.9 Å². The van der Waals surface area contributed by atoms with Gasteiger partial charge in [0.25, 0.3) is 5.91 Å². The largest absolute Gasteiger partial charge is 0.454 e. The van der Waals surface area contributed by atoms with Gasteiger partial charge in [-0.25, -0.2) is 4.79 Å². The molecule has 0 bridgehead atoms. The van der Waals surface area contributed by atoms with Crippen molar-refractivity contribution < 1.29 is 28.9 Å². The lowest BCUT2D eigenvalue weighted by Gasteiger charge is -2.15. The van der Waals surface area contributed by atoms with Crippen molar-refractivity contribution in [1.29, 1.82) is 0 Å². The maximum absolute atomic E-state index is 12.3. The minimum Gasteiger partial charge on any atom is -0.454 e. The molecule has 8 nitrogen and oxygen atoms in total. The Morgan fingerprint density at radius 1 is 1.18 bits per heavy atom. The summed E-state index contributed by atoms with van der Waals surface area (Å²) in [5.74, 6) is 0.271. The van der Waals surface area contributed by atoms with Gasteiger partial charge in [-0.1, -0.05) is 18.2 Å². The average molecular weight is 386 g/mol. The number of nitrogens with one attached hydrogen (secondary N) is 2. The van der Waals surface area contributed by atoms with E-state index in [-0.39, 0.29) is 19.4 Å². The van der Waals surface area contributed by atoms with E-state index in [1.54, 1.807) is 30.3 Å². The van der Waals surface area contributed by atoms with Crippen molar-refractivity contribution in [1.82, 2.24) is 5.32 Å². The van der Waals surface area contributed by atoms with Crippen molar-refractivity contribution in [2.24, 2.45) is 0 Å². The van der Waals surface area contributed by atoms with Crippen molar-refractivity contribution in [2.75, 3.05) is 31.9 Å². The number of para-hydroxylation sites is 1. The third-order valence-corrected chi connectivity index (χ3v) is 4.18. The number of benzene rings is 2. The summed E-state index contributed by atoms with van der Waals surface area (Å²) < 4.78 is 15.7. The van der Waals surface area contributed by atoms with Crippen LogP contribution in [0.2, 0.25) is 0 Å². The zero-order valence-corrected chi connectivity index (χ0v) is 15.4. The fourth-order valence-corrected chi connectivity index (χ4v) is 2.76. The maximum Gasteiger partial charge on any atom is 0.340 e. The van der Waals surface area contributed by atoms with E-state index in [2.05, 4.69) is 10.6 Å². The van der Waals surface area contributed by atoms with Gasteiger partial charge in [0.1, 0.15) is 0 Å². The van der Waals surface area contributed by atoms with E-state index in [1.165, 1.54) is 0 Å². The second-order valence-electron chi connectivity index (χ2n) is 6.17. The number of aliphatic hydroxyl groups is 1. The van der Waals surface area contributed by atoms with Crippen LogP contribution in [-0.4, -0.2) is 43.5 Å². The summed E-state index contributed by atoms with van der Waals surface area (Å²) >= 11 is 0. The zero-order valence-electron chi connectivity index (χ0n) is 15.4. The number of esters is 1. The maximum atomic E-state index is 12.3. The first kappa shape index (κ1) is 19.5. The minimum absolute atomic E-state index is 0.0659. The second-order valence-corrected chi connectivity index (χ2v) is 6.17. The second kappa shape index (κ2) is 9.09. The molecule has 8 heteroatoms. The number of carbonyl (C=O) groups is 2. The van der Waals surface area contributed by atoms with Crippen LogP contribution < -0.4 is 20.1 Å². The Balaban J connectivity index is 1.53. The number of hydrogen-bond donors (Lipinski definition) is 3. The Kier molecular flexibility index (Phi) is 6.33. The van der Waals surface area contributed by atoms with Gasteiger partial charge in [-0.2, -0.15) is 0 Å². The molecule has 0 saturated carbocycles. The van der Waals surface area contributed by atoms with Crippen molar-refractivity contribution in [3.05, 3.63) is 53.6 Å².